The summed E-state index contributed by atoms with van der Waals surface area (Å²) in [5, 5.41) is 9.55. The fourth-order valence-electron chi connectivity index (χ4n) is 2.33. The molecule has 0 aromatic heterocycles. The van der Waals surface area contributed by atoms with Gasteiger partial charge >= 0.3 is 5.97 Å². The second kappa shape index (κ2) is 7.05. The van der Waals surface area contributed by atoms with Crippen molar-refractivity contribution in [2.24, 2.45) is 0 Å². The summed E-state index contributed by atoms with van der Waals surface area (Å²) in [5.41, 5.74) is 1.36. The number of benzene rings is 1. The van der Waals surface area contributed by atoms with Gasteiger partial charge in [0.25, 0.3) is 0 Å². The Morgan fingerprint density at radius 2 is 1.90 bits per heavy atom. The van der Waals surface area contributed by atoms with Gasteiger partial charge in [-0.2, -0.15) is 0 Å². The van der Waals surface area contributed by atoms with E-state index in [1.807, 2.05) is 12.1 Å². The zero-order valence-electron chi connectivity index (χ0n) is 12.3. The summed E-state index contributed by atoms with van der Waals surface area (Å²) in [6.07, 6.45) is 0. The van der Waals surface area contributed by atoms with Crippen molar-refractivity contribution in [2.45, 2.75) is 39.5 Å². The number of carbonyl (C=O) groups is 2. The molecular weight excluding hydrogens is 258 g/mol. The van der Waals surface area contributed by atoms with Gasteiger partial charge < -0.3 is 14.7 Å². The molecule has 0 saturated carbocycles. The third-order valence-corrected chi connectivity index (χ3v) is 3.08. The summed E-state index contributed by atoms with van der Waals surface area (Å²) in [6, 6.07) is 5.93. The molecule has 0 spiro atoms. The average Bonchev–Trinajstić information content (AvgIpc) is 2.35. The zero-order valence-corrected chi connectivity index (χ0v) is 12.3. The monoisotopic (exact) mass is 279 g/mol. The van der Waals surface area contributed by atoms with E-state index in [1.165, 1.54) is 11.8 Å². The summed E-state index contributed by atoms with van der Waals surface area (Å²) in [6.45, 7) is 5.30. The number of amides is 1. The van der Waals surface area contributed by atoms with Gasteiger partial charge in [0, 0.05) is 20.1 Å². The van der Waals surface area contributed by atoms with E-state index in [-0.39, 0.29) is 11.9 Å². The molecule has 1 aromatic carbocycles. The van der Waals surface area contributed by atoms with Gasteiger partial charge in [-0.1, -0.05) is 24.3 Å². The van der Waals surface area contributed by atoms with E-state index in [2.05, 4.69) is 0 Å². The van der Waals surface area contributed by atoms with E-state index in [0.29, 0.717) is 12.2 Å². The second-order valence-electron chi connectivity index (χ2n) is 4.89. The van der Waals surface area contributed by atoms with E-state index < -0.39 is 12.0 Å². The third-order valence-electron chi connectivity index (χ3n) is 3.08. The molecule has 0 aliphatic heterocycles. The minimum Gasteiger partial charge on any atom is -0.479 e. The fraction of sp³-hybridized carbons (Fsp3) is 0.467. The van der Waals surface area contributed by atoms with Crippen molar-refractivity contribution in [3.8, 4) is 0 Å². The Labute approximate surface area is 119 Å². The van der Waals surface area contributed by atoms with Gasteiger partial charge in [0.05, 0.1) is 6.61 Å². The SMILES string of the molecule is COCc1ccccc1C(C(=O)O)N(C(C)=O)C(C)C. The van der Waals surface area contributed by atoms with E-state index in [9.17, 15) is 14.7 Å². The number of ether oxygens (including phenoxy) is 1. The number of methoxy groups -OCH3 is 1. The Morgan fingerprint density at radius 1 is 1.30 bits per heavy atom. The number of nitrogens with zero attached hydrogens (tertiary/aromatic N) is 1. The molecule has 0 aliphatic carbocycles. The molecule has 0 saturated heterocycles. The highest BCUT2D eigenvalue weighted by Crippen LogP contribution is 2.27. The van der Waals surface area contributed by atoms with Crippen molar-refractivity contribution in [1.29, 1.82) is 0 Å². The van der Waals surface area contributed by atoms with Crippen LogP contribution in [0.3, 0.4) is 0 Å². The Balaban J connectivity index is 3.33. The van der Waals surface area contributed by atoms with Crippen LogP contribution in [-0.4, -0.2) is 35.0 Å². The second-order valence-corrected chi connectivity index (χ2v) is 4.89. The number of aliphatic carboxylic acids is 1. The van der Waals surface area contributed by atoms with Crippen LogP contribution in [-0.2, 0) is 20.9 Å². The zero-order chi connectivity index (χ0) is 15.3. The first-order valence-electron chi connectivity index (χ1n) is 6.48. The molecule has 5 heteroatoms. The summed E-state index contributed by atoms with van der Waals surface area (Å²) < 4.78 is 5.10. The molecule has 0 bridgehead atoms. The maximum atomic E-state index is 11.8. The van der Waals surface area contributed by atoms with Crippen LogP contribution in [0.1, 0.15) is 37.9 Å². The largest absolute Gasteiger partial charge is 0.479 e. The summed E-state index contributed by atoms with van der Waals surface area (Å²) >= 11 is 0. The van der Waals surface area contributed by atoms with Crippen LogP contribution < -0.4 is 0 Å². The van der Waals surface area contributed by atoms with Crippen molar-refractivity contribution in [3.05, 3.63) is 35.4 Å². The van der Waals surface area contributed by atoms with E-state index in [4.69, 9.17) is 4.74 Å². The van der Waals surface area contributed by atoms with Crippen LogP contribution in [0.25, 0.3) is 0 Å². The first kappa shape index (κ1) is 16.2. The molecule has 1 rings (SSSR count). The summed E-state index contributed by atoms with van der Waals surface area (Å²) in [7, 11) is 1.55. The van der Waals surface area contributed by atoms with Crippen LogP contribution in [0.4, 0.5) is 0 Å². The van der Waals surface area contributed by atoms with Gasteiger partial charge in [-0.15, -0.1) is 0 Å². The number of hydrogen-bond acceptors (Lipinski definition) is 3. The highest BCUT2D eigenvalue weighted by molar-refractivity contribution is 5.84. The van der Waals surface area contributed by atoms with Gasteiger partial charge in [-0.3, -0.25) is 4.79 Å². The molecule has 1 aromatic rings. The Kier molecular flexibility index (Phi) is 5.70. The normalized spacial score (nSPS) is 12.2. The van der Waals surface area contributed by atoms with Crippen molar-refractivity contribution in [1.82, 2.24) is 4.90 Å². The smallest absolute Gasteiger partial charge is 0.331 e. The average molecular weight is 279 g/mol. The van der Waals surface area contributed by atoms with Crippen LogP contribution in [0.2, 0.25) is 0 Å². The maximum Gasteiger partial charge on any atom is 0.331 e. The van der Waals surface area contributed by atoms with Crippen molar-refractivity contribution < 1.29 is 19.4 Å². The van der Waals surface area contributed by atoms with Gasteiger partial charge in [0.2, 0.25) is 5.91 Å². The highest BCUT2D eigenvalue weighted by atomic mass is 16.5. The third kappa shape index (κ3) is 3.57. The number of carboxylic acid groups (broad SMARTS) is 1. The van der Waals surface area contributed by atoms with Crippen LogP contribution in [0.15, 0.2) is 24.3 Å². The Bertz CT molecular complexity index is 485. The predicted molar refractivity (Wildman–Crippen MR) is 75.2 cm³/mol. The van der Waals surface area contributed by atoms with Gasteiger partial charge in [-0.25, -0.2) is 4.79 Å². The number of carbonyl (C=O) groups excluding carboxylic acids is 1. The number of carboxylic acids is 1. The van der Waals surface area contributed by atoms with Gasteiger partial charge in [-0.05, 0) is 25.0 Å². The molecule has 0 radical (unpaired) electrons. The van der Waals surface area contributed by atoms with E-state index in [0.717, 1.165) is 5.56 Å². The number of rotatable bonds is 6. The van der Waals surface area contributed by atoms with Gasteiger partial charge in [0.1, 0.15) is 0 Å². The molecule has 20 heavy (non-hydrogen) atoms. The van der Waals surface area contributed by atoms with Crippen LogP contribution in [0.5, 0.6) is 0 Å². The van der Waals surface area contributed by atoms with Crippen LogP contribution >= 0.6 is 0 Å². The summed E-state index contributed by atoms with van der Waals surface area (Å²) in [5.74, 6) is -1.31. The lowest BCUT2D eigenvalue weighted by Gasteiger charge is -2.32. The quantitative estimate of drug-likeness (QED) is 0.867. The number of hydrogen-bond donors (Lipinski definition) is 1. The first-order valence-corrected chi connectivity index (χ1v) is 6.48. The molecule has 5 nitrogen and oxygen atoms in total. The maximum absolute atomic E-state index is 11.8. The van der Waals surface area contributed by atoms with E-state index in [1.54, 1.807) is 33.1 Å². The lowest BCUT2D eigenvalue weighted by Crippen LogP contribution is -2.42. The lowest BCUT2D eigenvalue weighted by atomic mass is 9.98. The minimum atomic E-state index is -1.04. The minimum absolute atomic E-state index is 0.204. The van der Waals surface area contributed by atoms with Crippen LogP contribution in [0, 0.1) is 0 Å². The van der Waals surface area contributed by atoms with Crippen molar-refractivity contribution in [2.75, 3.05) is 7.11 Å². The highest BCUT2D eigenvalue weighted by Gasteiger charge is 2.32. The topological polar surface area (TPSA) is 66.8 Å². The van der Waals surface area contributed by atoms with Crippen molar-refractivity contribution >= 4 is 11.9 Å². The molecule has 0 fully saturated rings. The van der Waals surface area contributed by atoms with E-state index >= 15 is 0 Å². The molecule has 1 amide bonds. The predicted octanol–water partition coefficient (Wildman–Crippen LogP) is 2.22. The first-order chi connectivity index (χ1) is 9.40. The molecule has 1 unspecified atom stereocenters. The van der Waals surface area contributed by atoms with Gasteiger partial charge in [0.15, 0.2) is 6.04 Å². The molecule has 1 atom stereocenters. The standard InChI is InChI=1S/C15H21NO4/c1-10(2)16(11(3)17)14(15(18)19)13-8-6-5-7-12(13)9-20-4/h5-8,10,14H,9H2,1-4H3,(H,18,19). The Hall–Kier alpha value is -1.88. The van der Waals surface area contributed by atoms with Crippen molar-refractivity contribution in [3.63, 3.8) is 0 Å². The molecule has 0 heterocycles. The fourth-order valence-corrected chi connectivity index (χ4v) is 2.33. The lowest BCUT2D eigenvalue weighted by molar-refractivity contribution is -0.151. The molecule has 1 N–H and O–H groups in total. The molecule has 0 aliphatic rings. The molecular formula is C15H21NO4. The molecule has 110 valence electrons. The summed E-state index contributed by atoms with van der Waals surface area (Å²) in [4.78, 5) is 24.8. The Morgan fingerprint density at radius 3 is 2.35 bits per heavy atom.